The second-order valence-corrected chi connectivity index (χ2v) is 5.46. The molecule has 0 saturated carbocycles. The van der Waals surface area contributed by atoms with Crippen LogP contribution in [-0.2, 0) is 14.3 Å². The Bertz CT molecular complexity index is 487. The van der Waals surface area contributed by atoms with Crippen molar-refractivity contribution in [2.75, 3.05) is 26.2 Å². The van der Waals surface area contributed by atoms with E-state index in [-0.39, 0.29) is 6.61 Å². The minimum absolute atomic E-state index is 0.123. The number of hydrogen-bond acceptors (Lipinski definition) is 4. The van der Waals surface area contributed by atoms with Gasteiger partial charge in [0.1, 0.15) is 6.61 Å². The third-order valence-electron chi connectivity index (χ3n) is 2.78. The fourth-order valence-corrected chi connectivity index (χ4v) is 1.47. The molecule has 0 spiro atoms. The Hall–Kier alpha value is -2.04. The maximum atomic E-state index is 11.6. The number of carbonyl (C=O) groups is 2. The molecule has 22 heavy (non-hydrogen) atoms. The molecule has 0 fully saturated rings. The molecule has 6 heteroatoms. The summed E-state index contributed by atoms with van der Waals surface area (Å²) in [6, 6.07) is 0. The predicted molar refractivity (Wildman–Crippen MR) is 85.6 cm³/mol. The lowest BCUT2D eigenvalue weighted by Crippen LogP contribution is -2.32. The topological polar surface area (TPSA) is 83.0 Å². The van der Waals surface area contributed by atoms with Crippen LogP contribution in [-0.4, -0.2) is 53.4 Å². The Morgan fingerprint density at radius 1 is 1.05 bits per heavy atom. The summed E-state index contributed by atoms with van der Waals surface area (Å²) in [5, 5.41) is 0. The number of allylic oxidation sites excluding steroid dienone is 2. The largest absolute Gasteiger partial charge is 0.455 e. The number of esters is 1. The molecule has 0 heterocycles. The zero-order valence-corrected chi connectivity index (χ0v) is 14.0. The van der Waals surface area contributed by atoms with E-state index in [1.807, 2.05) is 27.7 Å². The van der Waals surface area contributed by atoms with Crippen molar-refractivity contribution in [2.24, 2.45) is 0 Å². The van der Waals surface area contributed by atoms with E-state index in [1.54, 1.807) is 0 Å². The number of rotatable bonds is 9. The second kappa shape index (κ2) is 10.7. The minimum atomic E-state index is -0.903. The highest BCUT2D eigenvalue weighted by Gasteiger charge is 2.27. The quantitative estimate of drug-likeness (QED) is 0.163. The molecule has 0 amide bonds. The van der Waals surface area contributed by atoms with Crippen LogP contribution in [0.25, 0.3) is 5.53 Å². The Morgan fingerprint density at radius 3 is 1.91 bits per heavy atom. The molecule has 0 aromatic heterocycles. The van der Waals surface area contributed by atoms with Gasteiger partial charge < -0.3 is 10.3 Å². The van der Waals surface area contributed by atoms with Crippen molar-refractivity contribution in [3.8, 4) is 0 Å². The number of ketones is 1. The zero-order valence-electron chi connectivity index (χ0n) is 14.0. The monoisotopic (exact) mass is 307 g/mol. The van der Waals surface area contributed by atoms with Gasteiger partial charge in [-0.2, -0.15) is 4.79 Å². The molecule has 0 N–H and O–H groups in total. The van der Waals surface area contributed by atoms with Crippen LogP contribution >= 0.6 is 0 Å². The highest BCUT2D eigenvalue weighted by molar-refractivity contribution is 6.61. The fraction of sp³-hybridized carbons (Fsp3) is 0.562. The third kappa shape index (κ3) is 9.00. The van der Waals surface area contributed by atoms with Gasteiger partial charge in [-0.1, -0.05) is 23.3 Å². The minimum Gasteiger partial charge on any atom is -0.455 e. The molecule has 0 rings (SSSR count). The van der Waals surface area contributed by atoms with E-state index in [2.05, 4.69) is 21.8 Å². The third-order valence-corrected chi connectivity index (χ3v) is 2.78. The SMILES string of the molecule is CC(=O)C(=[N+]=[N-])C(=O)OCCN(CC=C(C)C)CC=C(C)C. The first-order valence-corrected chi connectivity index (χ1v) is 7.17. The highest BCUT2D eigenvalue weighted by atomic mass is 16.5. The molecule has 122 valence electrons. The first-order valence-electron chi connectivity index (χ1n) is 7.17. The van der Waals surface area contributed by atoms with Gasteiger partial charge in [0, 0.05) is 26.6 Å². The van der Waals surface area contributed by atoms with Crippen molar-refractivity contribution in [3.05, 3.63) is 28.8 Å². The van der Waals surface area contributed by atoms with E-state index in [0.29, 0.717) is 6.54 Å². The van der Waals surface area contributed by atoms with Crippen molar-refractivity contribution in [3.63, 3.8) is 0 Å². The number of carbonyl (C=O) groups excluding carboxylic acids is 2. The molecule has 0 saturated heterocycles. The lowest BCUT2D eigenvalue weighted by atomic mass is 10.3. The normalized spacial score (nSPS) is 9.73. The van der Waals surface area contributed by atoms with Crippen LogP contribution in [0.1, 0.15) is 34.6 Å². The maximum Gasteiger partial charge on any atom is 0.441 e. The van der Waals surface area contributed by atoms with Crippen molar-refractivity contribution in [1.82, 2.24) is 4.90 Å². The molecular weight excluding hydrogens is 282 g/mol. The summed E-state index contributed by atoms with van der Waals surface area (Å²) in [7, 11) is 0. The van der Waals surface area contributed by atoms with Crippen molar-refractivity contribution in [2.45, 2.75) is 34.6 Å². The molecule has 0 aromatic rings. The summed E-state index contributed by atoms with van der Waals surface area (Å²) in [5.41, 5.74) is 10.4. The fourth-order valence-electron chi connectivity index (χ4n) is 1.47. The average molecular weight is 307 g/mol. The molecule has 0 radical (unpaired) electrons. The molecule has 0 aromatic carbocycles. The summed E-state index contributed by atoms with van der Waals surface area (Å²) in [5.74, 6) is -1.53. The van der Waals surface area contributed by atoms with Gasteiger partial charge in [-0.05, 0) is 27.7 Å². The van der Waals surface area contributed by atoms with Gasteiger partial charge in [-0.25, -0.2) is 4.79 Å². The number of nitrogens with zero attached hydrogens (tertiary/aromatic N) is 3. The van der Waals surface area contributed by atoms with E-state index in [9.17, 15) is 9.59 Å². The summed E-state index contributed by atoms with van der Waals surface area (Å²) >= 11 is 0. The molecule has 0 bridgehead atoms. The molecule has 0 atom stereocenters. The van der Waals surface area contributed by atoms with Gasteiger partial charge in [0.05, 0.1) is 0 Å². The molecule has 0 aliphatic carbocycles. The molecule has 0 aliphatic heterocycles. The van der Waals surface area contributed by atoms with Gasteiger partial charge in [0.2, 0.25) is 5.78 Å². The maximum absolute atomic E-state index is 11.6. The Kier molecular flexibility index (Phi) is 9.67. The highest BCUT2D eigenvalue weighted by Crippen LogP contribution is 1.98. The first-order chi connectivity index (χ1) is 10.3. The Labute approximate surface area is 132 Å². The van der Waals surface area contributed by atoms with E-state index in [4.69, 9.17) is 10.3 Å². The molecule has 0 unspecified atom stereocenters. The second-order valence-electron chi connectivity index (χ2n) is 5.46. The number of Topliss-reactive ketones (excluding diaryl/α,β-unsaturated/α-hetero) is 1. The molecule has 0 aliphatic rings. The van der Waals surface area contributed by atoms with Gasteiger partial charge in [0.25, 0.3) is 0 Å². The Balaban J connectivity index is 4.53. The first kappa shape index (κ1) is 20.0. The Morgan fingerprint density at radius 2 is 1.55 bits per heavy atom. The van der Waals surface area contributed by atoms with Crippen LogP contribution in [0.2, 0.25) is 0 Å². The summed E-state index contributed by atoms with van der Waals surface area (Å²) in [6.45, 7) is 11.4. The zero-order chi connectivity index (χ0) is 17.1. The number of ether oxygens (including phenoxy) is 1. The van der Waals surface area contributed by atoms with Gasteiger partial charge >= 0.3 is 11.7 Å². The standard InChI is InChI=1S/C16H25N3O3/c1-12(2)6-8-19(9-7-13(3)4)10-11-22-16(21)15(18-17)14(5)20/h6-7H,8-11H2,1-5H3. The van der Waals surface area contributed by atoms with Gasteiger partial charge in [-0.3, -0.25) is 9.69 Å². The lowest BCUT2D eigenvalue weighted by molar-refractivity contribution is -0.142. The van der Waals surface area contributed by atoms with Crippen molar-refractivity contribution < 1.29 is 19.1 Å². The average Bonchev–Trinajstić information content (AvgIpc) is 2.41. The lowest BCUT2D eigenvalue weighted by Gasteiger charge is -2.19. The predicted octanol–water partition coefficient (Wildman–Crippen LogP) is 2.02. The smallest absolute Gasteiger partial charge is 0.441 e. The van der Waals surface area contributed by atoms with Crippen molar-refractivity contribution >= 4 is 17.5 Å². The van der Waals surface area contributed by atoms with E-state index in [1.165, 1.54) is 11.1 Å². The van der Waals surface area contributed by atoms with Crippen molar-refractivity contribution in [1.29, 1.82) is 0 Å². The van der Waals surface area contributed by atoms with Gasteiger partial charge in [0.15, 0.2) is 0 Å². The van der Waals surface area contributed by atoms with Crippen LogP contribution in [0.4, 0.5) is 0 Å². The van der Waals surface area contributed by atoms with Crippen LogP contribution < -0.4 is 0 Å². The van der Waals surface area contributed by atoms with E-state index < -0.39 is 17.5 Å². The molecular formula is C16H25N3O3. The van der Waals surface area contributed by atoms with E-state index in [0.717, 1.165) is 20.0 Å². The van der Waals surface area contributed by atoms with Gasteiger partial charge in [-0.15, -0.1) is 0 Å². The van der Waals surface area contributed by atoms with E-state index >= 15 is 0 Å². The molecule has 6 nitrogen and oxygen atoms in total. The summed E-state index contributed by atoms with van der Waals surface area (Å²) < 4.78 is 4.97. The van der Waals surface area contributed by atoms with Crippen LogP contribution in [0.15, 0.2) is 23.3 Å². The summed E-state index contributed by atoms with van der Waals surface area (Å²) in [4.78, 5) is 27.4. The van der Waals surface area contributed by atoms with Crippen LogP contribution in [0.5, 0.6) is 0 Å². The summed E-state index contributed by atoms with van der Waals surface area (Å²) in [6.07, 6.45) is 4.19. The van der Waals surface area contributed by atoms with Crippen LogP contribution in [0, 0.1) is 0 Å². The number of hydrogen-bond donors (Lipinski definition) is 0. The van der Waals surface area contributed by atoms with Crippen LogP contribution in [0.3, 0.4) is 0 Å².